The Balaban J connectivity index is 1.42. The first-order chi connectivity index (χ1) is 14.3. The molecule has 3 heterocycles. The minimum atomic E-state index is -4.48. The summed E-state index contributed by atoms with van der Waals surface area (Å²) in [6.07, 6.45) is 0.800. The maximum absolute atomic E-state index is 13.1. The summed E-state index contributed by atoms with van der Waals surface area (Å²) >= 11 is 0. The average Bonchev–Trinajstić information content (AvgIpc) is 3.17. The van der Waals surface area contributed by atoms with Crippen molar-refractivity contribution in [1.82, 2.24) is 19.9 Å². The molecule has 3 aromatic rings. The minimum absolute atomic E-state index is 0.0419. The van der Waals surface area contributed by atoms with E-state index in [4.69, 9.17) is 0 Å². The summed E-state index contributed by atoms with van der Waals surface area (Å²) in [7, 11) is 1.96. The van der Waals surface area contributed by atoms with Crippen LogP contribution < -0.4 is 4.90 Å². The van der Waals surface area contributed by atoms with E-state index in [1.165, 1.54) is 18.5 Å². The minimum Gasteiger partial charge on any atom is -0.354 e. The van der Waals surface area contributed by atoms with Crippen molar-refractivity contribution < 1.29 is 18.0 Å². The van der Waals surface area contributed by atoms with E-state index in [1.54, 1.807) is 4.90 Å². The fourth-order valence-electron chi connectivity index (χ4n) is 4.59. The molecule has 1 saturated heterocycles. The van der Waals surface area contributed by atoms with E-state index >= 15 is 0 Å². The SMILES string of the molecule is CN(c1ncnc2[nH]ccc12)C1CN(C(=O)c2cccc(C(F)(F)F)c2)CC12CC2. The molecule has 1 aliphatic carbocycles. The Labute approximate surface area is 170 Å². The third-order valence-electron chi connectivity index (χ3n) is 6.36. The van der Waals surface area contributed by atoms with Crippen LogP contribution in [0.5, 0.6) is 0 Å². The van der Waals surface area contributed by atoms with Gasteiger partial charge in [-0.1, -0.05) is 6.07 Å². The first-order valence-corrected chi connectivity index (χ1v) is 9.76. The lowest BCUT2D eigenvalue weighted by Crippen LogP contribution is -2.40. The van der Waals surface area contributed by atoms with Crippen LogP contribution in [0.3, 0.4) is 0 Å². The average molecular weight is 415 g/mol. The third kappa shape index (κ3) is 3.00. The highest BCUT2D eigenvalue weighted by molar-refractivity contribution is 5.95. The van der Waals surface area contributed by atoms with E-state index in [1.807, 2.05) is 19.3 Å². The molecule has 1 amide bonds. The Morgan fingerprint density at radius 2 is 2.07 bits per heavy atom. The van der Waals surface area contributed by atoms with Crippen LogP contribution in [0, 0.1) is 5.41 Å². The van der Waals surface area contributed by atoms with Crippen molar-refractivity contribution in [1.29, 1.82) is 0 Å². The second-order valence-electron chi connectivity index (χ2n) is 8.19. The summed E-state index contributed by atoms with van der Waals surface area (Å²) in [4.78, 5) is 28.5. The molecule has 1 aromatic carbocycles. The number of hydrogen-bond acceptors (Lipinski definition) is 4. The lowest BCUT2D eigenvalue weighted by Gasteiger charge is -2.30. The number of hydrogen-bond donors (Lipinski definition) is 1. The highest BCUT2D eigenvalue weighted by atomic mass is 19.4. The van der Waals surface area contributed by atoms with Crippen LogP contribution in [-0.2, 0) is 6.18 Å². The summed E-state index contributed by atoms with van der Waals surface area (Å²) in [5, 5.41) is 0.901. The van der Waals surface area contributed by atoms with Gasteiger partial charge in [-0.05, 0) is 37.1 Å². The predicted molar refractivity (Wildman–Crippen MR) is 105 cm³/mol. The number of benzene rings is 1. The monoisotopic (exact) mass is 415 g/mol. The number of halogens is 3. The molecule has 1 N–H and O–H groups in total. The molecular weight excluding hydrogens is 395 g/mol. The van der Waals surface area contributed by atoms with Crippen molar-refractivity contribution in [3.63, 3.8) is 0 Å². The third-order valence-corrected chi connectivity index (χ3v) is 6.36. The summed E-state index contributed by atoms with van der Waals surface area (Å²) in [6.45, 7) is 0.986. The van der Waals surface area contributed by atoms with Gasteiger partial charge in [-0.15, -0.1) is 0 Å². The molecule has 156 valence electrons. The fourth-order valence-corrected chi connectivity index (χ4v) is 4.59. The first-order valence-electron chi connectivity index (χ1n) is 9.76. The summed E-state index contributed by atoms with van der Waals surface area (Å²) in [5.74, 6) is 0.420. The van der Waals surface area contributed by atoms with Crippen LogP contribution in [-0.4, -0.2) is 51.9 Å². The van der Waals surface area contributed by atoms with Gasteiger partial charge < -0.3 is 14.8 Å². The number of H-pyrrole nitrogens is 1. The molecule has 1 spiro atoms. The van der Waals surface area contributed by atoms with Crippen LogP contribution >= 0.6 is 0 Å². The molecule has 2 aliphatic rings. The number of aromatic nitrogens is 3. The number of carbonyl (C=O) groups is 1. The lowest BCUT2D eigenvalue weighted by molar-refractivity contribution is -0.137. The molecule has 1 aliphatic heterocycles. The summed E-state index contributed by atoms with van der Waals surface area (Å²) in [6, 6.07) is 6.61. The van der Waals surface area contributed by atoms with Gasteiger partial charge in [-0.3, -0.25) is 4.79 Å². The number of rotatable bonds is 3. The van der Waals surface area contributed by atoms with Crippen LogP contribution in [0.1, 0.15) is 28.8 Å². The van der Waals surface area contributed by atoms with Gasteiger partial charge in [0, 0.05) is 37.3 Å². The van der Waals surface area contributed by atoms with Crippen molar-refractivity contribution in [2.75, 3.05) is 25.0 Å². The quantitative estimate of drug-likeness (QED) is 0.708. The van der Waals surface area contributed by atoms with Crippen molar-refractivity contribution in [3.8, 4) is 0 Å². The number of aromatic amines is 1. The van der Waals surface area contributed by atoms with E-state index in [-0.39, 0.29) is 22.9 Å². The Bertz CT molecular complexity index is 1120. The van der Waals surface area contributed by atoms with Gasteiger partial charge in [-0.2, -0.15) is 13.2 Å². The Morgan fingerprint density at radius 3 is 2.80 bits per heavy atom. The highest BCUT2D eigenvalue weighted by Crippen LogP contribution is 2.55. The number of carbonyl (C=O) groups excluding carboxylic acids is 1. The van der Waals surface area contributed by atoms with Crippen molar-refractivity contribution >= 4 is 22.8 Å². The first kappa shape index (κ1) is 18.9. The molecule has 1 saturated carbocycles. The molecule has 0 radical (unpaired) electrons. The Morgan fingerprint density at radius 1 is 1.27 bits per heavy atom. The number of nitrogens with zero attached hydrogens (tertiary/aromatic N) is 4. The van der Waals surface area contributed by atoms with Crippen LogP contribution in [0.15, 0.2) is 42.9 Å². The maximum atomic E-state index is 13.1. The smallest absolute Gasteiger partial charge is 0.354 e. The summed E-state index contributed by atoms with van der Waals surface area (Å²) in [5.41, 5.74) is -0.0385. The molecule has 1 atom stereocenters. The molecule has 2 fully saturated rings. The Kier molecular flexibility index (Phi) is 4.06. The largest absolute Gasteiger partial charge is 0.416 e. The van der Waals surface area contributed by atoms with E-state index in [9.17, 15) is 18.0 Å². The van der Waals surface area contributed by atoms with E-state index in [0.29, 0.717) is 13.1 Å². The van der Waals surface area contributed by atoms with E-state index in [0.717, 1.165) is 41.8 Å². The molecule has 2 aromatic heterocycles. The second kappa shape index (κ2) is 6.45. The molecule has 30 heavy (non-hydrogen) atoms. The lowest BCUT2D eigenvalue weighted by atomic mass is 9.99. The molecule has 9 heteroatoms. The molecule has 6 nitrogen and oxygen atoms in total. The number of likely N-dealkylation sites (N-methyl/N-ethyl adjacent to an activating group) is 1. The highest BCUT2D eigenvalue weighted by Gasteiger charge is 2.57. The number of alkyl halides is 3. The van der Waals surface area contributed by atoms with Crippen molar-refractivity contribution in [2.24, 2.45) is 5.41 Å². The van der Waals surface area contributed by atoms with Crippen molar-refractivity contribution in [2.45, 2.75) is 25.1 Å². The zero-order valence-electron chi connectivity index (χ0n) is 16.3. The Hall–Kier alpha value is -3.10. The van der Waals surface area contributed by atoms with Crippen LogP contribution in [0.25, 0.3) is 11.0 Å². The van der Waals surface area contributed by atoms with Crippen LogP contribution in [0.4, 0.5) is 19.0 Å². The normalized spacial score (nSPS) is 20.1. The molecular formula is C21H20F3N5O. The van der Waals surface area contributed by atoms with Gasteiger partial charge in [0.1, 0.15) is 17.8 Å². The number of nitrogens with one attached hydrogen (secondary N) is 1. The standard InChI is InChI=1S/C21H20F3N5O/c1-28(18-15-5-8-25-17(15)26-12-27-18)16-10-29(11-20(16)6-7-20)19(30)13-3-2-4-14(9-13)21(22,23)24/h2-5,8-9,12,16H,6-7,10-11H2,1H3,(H,25,26,27). The van der Waals surface area contributed by atoms with Gasteiger partial charge in [-0.25, -0.2) is 9.97 Å². The zero-order chi connectivity index (χ0) is 21.1. The number of amides is 1. The number of fused-ring (bicyclic) bond motifs is 1. The van der Waals surface area contributed by atoms with Gasteiger partial charge >= 0.3 is 6.18 Å². The number of likely N-dealkylation sites (tertiary alicyclic amines) is 1. The zero-order valence-corrected chi connectivity index (χ0v) is 16.3. The molecule has 1 unspecified atom stereocenters. The molecule has 0 bridgehead atoms. The van der Waals surface area contributed by atoms with Gasteiger partial charge in [0.05, 0.1) is 17.0 Å². The topological polar surface area (TPSA) is 65.1 Å². The van der Waals surface area contributed by atoms with E-state index in [2.05, 4.69) is 19.9 Å². The fraction of sp³-hybridized carbons (Fsp3) is 0.381. The summed E-state index contributed by atoms with van der Waals surface area (Å²) < 4.78 is 39.2. The van der Waals surface area contributed by atoms with Crippen molar-refractivity contribution in [3.05, 3.63) is 54.0 Å². The van der Waals surface area contributed by atoms with E-state index < -0.39 is 11.7 Å². The predicted octanol–water partition coefficient (Wildman–Crippen LogP) is 3.72. The second-order valence-corrected chi connectivity index (χ2v) is 8.19. The molecule has 5 rings (SSSR count). The van der Waals surface area contributed by atoms with Gasteiger partial charge in [0.25, 0.3) is 5.91 Å². The van der Waals surface area contributed by atoms with Gasteiger partial charge in [0.2, 0.25) is 0 Å². The van der Waals surface area contributed by atoms with Crippen LogP contribution in [0.2, 0.25) is 0 Å². The number of anilines is 1. The maximum Gasteiger partial charge on any atom is 0.416 e. The van der Waals surface area contributed by atoms with Gasteiger partial charge in [0.15, 0.2) is 0 Å².